The van der Waals surface area contributed by atoms with Gasteiger partial charge in [-0.2, -0.15) is 13.2 Å². The topological polar surface area (TPSA) is 108 Å². The quantitative estimate of drug-likeness (QED) is 0.332. The van der Waals surface area contributed by atoms with E-state index in [4.69, 9.17) is 4.74 Å². The number of nitrogens with one attached hydrogen (secondary N) is 3. The Labute approximate surface area is 205 Å². The zero-order valence-electron chi connectivity index (χ0n) is 19.5. The normalized spacial score (nSPS) is 17.8. The smallest absolute Gasteiger partial charge is 0.416 e. The van der Waals surface area contributed by atoms with Crippen LogP contribution in [0.15, 0.2) is 54.9 Å². The van der Waals surface area contributed by atoms with Crippen LogP contribution in [0.5, 0.6) is 11.6 Å². The number of nitrogens with zero attached hydrogens (tertiary/aromatic N) is 2. The maximum Gasteiger partial charge on any atom is 0.416 e. The number of ether oxygens (including phenoxy) is 1. The van der Waals surface area contributed by atoms with Gasteiger partial charge < -0.3 is 25.8 Å². The van der Waals surface area contributed by atoms with Crippen LogP contribution in [0.2, 0.25) is 0 Å². The number of carbonyl (C=O) groups excluding carboxylic acids is 1. The molecule has 1 aromatic heterocycles. The SMILES string of the molecule is Cc1ccc(NC(=O)Nc2ccc(Oc3cc(NC4CCCC(O)C4)ncn3)cc2)cc1C(F)(F)F. The van der Waals surface area contributed by atoms with Crippen molar-refractivity contribution in [1.29, 1.82) is 0 Å². The van der Waals surface area contributed by atoms with Crippen molar-refractivity contribution in [3.05, 3.63) is 66.0 Å². The van der Waals surface area contributed by atoms with Crippen LogP contribution in [-0.4, -0.2) is 33.3 Å². The van der Waals surface area contributed by atoms with E-state index in [1.165, 1.54) is 25.4 Å². The first kappa shape index (κ1) is 25.2. The average Bonchev–Trinajstić information content (AvgIpc) is 2.81. The number of carbonyl (C=O) groups is 1. The lowest BCUT2D eigenvalue weighted by Gasteiger charge is -2.27. The molecule has 3 aromatic rings. The van der Waals surface area contributed by atoms with E-state index in [1.54, 1.807) is 30.3 Å². The van der Waals surface area contributed by atoms with E-state index in [1.807, 2.05) is 0 Å². The Morgan fingerprint density at radius 3 is 2.47 bits per heavy atom. The summed E-state index contributed by atoms with van der Waals surface area (Å²) in [4.78, 5) is 20.6. The molecule has 0 aliphatic heterocycles. The number of anilines is 3. The number of aryl methyl sites for hydroxylation is 1. The molecule has 8 nitrogen and oxygen atoms in total. The number of aliphatic hydroxyl groups is 1. The first-order chi connectivity index (χ1) is 17.2. The molecule has 1 heterocycles. The second-order valence-corrected chi connectivity index (χ2v) is 8.64. The number of halogens is 3. The predicted octanol–water partition coefficient (Wildman–Crippen LogP) is 5.96. The molecule has 2 atom stereocenters. The molecule has 36 heavy (non-hydrogen) atoms. The molecule has 4 N–H and O–H groups in total. The molecule has 1 fully saturated rings. The van der Waals surface area contributed by atoms with Gasteiger partial charge in [0, 0.05) is 23.5 Å². The largest absolute Gasteiger partial charge is 0.439 e. The first-order valence-corrected chi connectivity index (χ1v) is 11.5. The van der Waals surface area contributed by atoms with Gasteiger partial charge in [-0.05, 0) is 74.6 Å². The standard InChI is InChI=1S/C25H26F3N5O3/c1-15-5-6-18(12-21(15)25(26,27)28)33-24(35)32-16-7-9-20(10-8-16)36-23-13-22(29-14-30-23)31-17-3-2-4-19(34)11-17/h5-10,12-14,17,19,34H,2-4,11H2,1H3,(H,29,30,31)(H2,32,33,35). The Bertz CT molecular complexity index is 1200. The van der Waals surface area contributed by atoms with E-state index < -0.39 is 17.8 Å². The van der Waals surface area contributed by atoms with E-state index in [9.17, 15) is 23.1 Å². The molecule has 0 bridgehead atoms. The van der Waals surface area contributed by atoms with Crippen LogP contribution in [-0.2, 0) is 6.18 Å². The summed E-state index contributed by atoms with van der Waals surface area (Å²) in [7, 11) is 0. The van der Waals surface area contributed by atoms with Crippen LogP contribution in [0.25, 0.3) is 0 Å². The van der Waals surface area contributed by atoms with E-state index in [0.717, 1.165) is 25.3 Å². The fourth-order valence-electron chi connectivity index (χ4n) is 4.00. The Morgan fingerprint density at radius 2 is 1.75 bits per heavy atom. The third-order valence-electron chi connectivity index (χ3n) is 5.78. The average molecular weight is 502 g/mol. The Morgan fingerprint density at radius 1 is 1.03 bits per heavy atom. The molecular formula is C25H26F3N5O3. The molecule has 11 heteroatoms. The Kier molecular flexibility index (Phi) is 7.58. The van der Waals surface area contributed by atoms with Gasteiger partial charge in [-0.25, -0.2) is 14.8 Å². The Balaban J connectivity index is 1.33. The maximum absolute atomic E-state index is 13.1. The highest BCUT2D eigenvalue weighted by Crippen LogP contribution is 2.33. The summed E-state index contributed by atoms with van der Waals surface area (Å²) < 4.78 is 45.0. The van der Waals surface area contributed by atoms with Gasteiger partial charge in [0.1, 0.15) is 17.9 Å². The number of benzene rings is 2. The highest BCUT2D eigenvalue weighted by Gasteiger charge is 2.32. The predicted molar refractivity (Wildman–Crippen MR) is 129 cm³/mol. The molecule has 2 amide bonds. The number of alkyl halides is 3. The van der Waals surface area contributed by atoms with Crippen molar-refractivity contribution >= 4 is 23.2 Å². The van der Waals surface area contributed by atoms with Gasteiger partial charge in [0.15, 0.2) is 0 Å². The number of aromatic nitrogens is 2. The number of aliphatic hydroxyl groups excluding tert-OH is 1. The molecule has 4 rings (SSSR count). The number of hydrogen-bond acceptors (Lipinski definition) is 6. The summed E-state index contributed by atoms with van der Waals surface area (Å²) in [6.07, 6.45) is -0.0573. The fourth-order valence-corrected chi connectivity index (χ4v) is 4.00. The number of hydrogen-bond donors (Lipinski definition) is 4. The molecule has 0 radical (unpaired) electrons. The highest BCUT2D eigenvalue weighted by atomic mass is 19.4. The summed E-state index contributed by atoms with van der Waals surface area (Å²) in [6.45, 7) is 1.36. The molecule has 0 spiro atoms. The van der Waals surface area contributed by atoms with Crippen molar-refractivity contribution < 1.29 is 27.8 Å². The van der Waals surface area contributed by atoms with Crippen LogP contribution in [0, 0.1) is 6.92 Å². The van der Waals surface area contributed by atoms with E-state index in [0.29, 0.717) is 29.6 Å². The summed E-state index contributed by atoms with van der Waals surface area (Å²) in [5.41, 5.74) is -0.283. The van der Waals surface area contributed by atoms with Crippen LogP contribution in [0.3, 0.4) is 0 Å². The zero-order valence-corrected chi connectivity index (χ0v) is 19.5. The van der Waals surface area contributed by atoms with E-state index in [2.05, 4.69) is 25.9 Å². The van der Waals surface area contributed by atoms with Crippen molar-refractivity contribution in [1.82, 2.24) is 9.97 Å². The number of urea groups is 1. The number of amides is 2. The molecule has 0 saturated heterocycles. The van der Waals surface area contributed by atoms with Crippen molar-refractivity contribution in [3.8, 4) is 11.6 Å². The molecular weight excluding hydrogens is 475 g/mol. The minimum atomic E-state index is -4.51. The fraction of sp³-hybridized carbons (Fsp3) is 0.320. The lowest BCUT2D eigenvalue weighted by atomic mass is 9.93. The van der Waals surface area contributed by atoms with E-state index in [-0.39, 0.29) is 23.4 Å². The van der Waals surface area contributed by atoms with Gasteiger partial charge in [-0.3, -0.25) is 0 Å². The number of rotatable bonds is 6. The van der Waals surface area contributed by atoms with Crippen LogP contribution < -0.4 is 20.7 Å². The summed E-state index contributed by atoms with van der Waals surface area (Å²) in [5.74, 6) is 1.38. The first-order valence-electron chi connectivity index (χ1n) is 11.5. The molecule has 1 saturated carbocycles. The van der Waals surface area contributed by atoms with Gasteiger partial charge in [0.2, 0.25) is 5.88 Å². The van der Waals surface area contributed by atoms with Crippen molar-refractivity contribution in [3.63, 3.8) is 0 Å². The van der Waals surface area contributed by atoms with Crippen molar-refractivity contribution in [2.45, 2.75) is 50.9 Å². The molecule has 1 aliphatic rings. The van der Waals surface area contributed by atoms with Crippen LogP contribution in [0.4, 0.5) is 35.2 Å². The second kappa shape index (κ2) is 10.8. The van der Waals surface area contributed by atoms with Gasteiger partial charge >= 0.3 is 12.2 Å². The summed E-state index contributed by atoms with van der Waals surface area (Å²) in [5, 5.41) is 18.1. The molecule has 2 aromatic carbocycles. The zero-order chi connectivity index (χ0) is 25.7. The third-order valence-corrected chi connectivity index (χ3v) is 5.78. The van der Waals surface area contributed by atoms with Gasteiger partial charge in [-0.1, -0.05) is 6.07 Å². The summed E-state index contributed by atoms with van der Waals surface area (Å²) >= 11 is 0. The molecule has 2 unspecified atom stereocenters. The van der Waals surface area contributed by atoms with Crippen LogP contribution >= 0.6 is 0 Å². The Hall–Kier alpha value is -3.86. The van der Waals surface area contributed by atoms with Gasteiger partial charge in [0.25, 0.3) is 0 Å². The minimum Gasteiger partial charge on any atom is -0.439 e. The van der Waals surface area contributed by atoms with Gasteiger partial charge in [-0.15, -0.1) is 0 Å². The van der Waals surface area contributed by atoms with Crippen molar-refractivity contribution in [2.75, 3.05) is 16.0 Å². The third kappa shape index (κ3) is 6.85. The maximum atomic E-state index is 13.1. The molecule has 190 valence electrons. The molecule has 1 aliphatic carbocycles. The lowest BCUT2D eigenvalue weighted by molar-refractivity contribution is -0.138. The lowest BCUT2D eigenvalue weighted by Crippen LogP contribution is -2.30. The summed E-state index contributed by atoms with van der Waals surface area (Å²) in [6, 6.07) is 11.1. The minimum absolute atomic E-state index is 0.0290. The van der Waals surface area contributed by atoms with Crippen LogP contribution in [0.1, 0.15) is 36.8 Å². The highest BCUT2D eigenvalue weighted by molar-refractivity contribution is 5.99. The van der Waals surface area contributed by atoms with E-state index >= 15 is 0 Å². The second-order valence-electron chi connectivity index (χ2n) is 8.64. The monoisotopic (exact) mass is 501 g/mol. The van der Waals surface area contributed by atoms with Crippen molar-refractivity contribution in [2.24, 2.45) is 0 Å². The van der Waals surface area contributed by atoms with Gasteiger partial charge in [0.05, 0.1) is 11.7 Å².